The summed E-state index contributed by atoms with van der Waals surface area (Å²) in [5, 5.41) is 8.50. The Hall–Kier alpha value is -3.00. The normalized spacial score (nSPS) is 10.8. The molecule has 1 heterocycles. The fraction of sp³-hybridized carbons (Fsp3) is 0.348. The maximum absolute atomic E-state index is 12.9. The number of ether oxygens (including phenoxy) is 3. The van der Waals surface area contributed by atoms with Crippen molar-refractivity contribution in [3.05, 3.63) is 46.0 Å². The molecule has 31 heavy (non-hydrogen) atoms. The van der Waals surface area contributed by atoms with Crippen LogP contribution in [-0.2, 0) is 0 Å². The molecule has 0 amide bonds. The number of carbonyl (C=O) groups is 1. The number of Topliss-reactive ketones (excluding diaryl/α,β-unsaturated/α-hetero) is 1. The number of hydrogen-bond donors (Lipinski definition) is 0. The molecule has 3 aromatic rings. The fourth-order valence-corrected chi connectivity index (χ4v) is 4.06. The predicted molar refractivity (Wildman–Crippen MR) is 120 cm³/mol. The zero-order valence-electron chi connectivity index (χ0n) is 18.8. The summed E-state index contributed by atoms with van der Waals surface area (Å²) in [5.41, 5.74) is 5.64. The van der Waals surface area contributed by atoms with Crippen LogP contribution in [0.5, 0.6) is 17.2 Å². The quantitative estimate of drug-likeness (QED) is 0.357. The summed E-state index contributed by atoms with van der Waals surface area (Å²) < 4.78 is 21.9. The van der Waals surface area contributed by atoms with Crippen LogP contribution in [0, 0.1) is 27.7 Å². The van der Waals surface area contributed by atoms with Crippen molar-refractivity contribution in [2.24, 2.45) is 0 Å². The van der Waals surface area contributed by atoms with Gasteiger partial charge in [0.15, 0.2) is 17.3 Å². The third-order valence-corrected chi connectivity index (χ3v) is 6.11. The maximum atomic E-state index is 12.9. The first-order valence-electron chi connectivity index (χ1n) is 9.68. The monoisotopic (exact) mass is 442 g/mol. The van der Waals surface area contributed by atoms with Crippen molar-refractivity contribution in [2.75, 3.05) is 27.1 Å². The molecule has 0 aliphatic carbocycles. The second kappa shape index (κ2) is 9.43. The van der Waals surface area contributed by atoms with Gasteiger partial charge in [-0.2, -0.15) is 0 Å². The first-order chi connectivity index (χ1) is 14.8. The topological polar surface area (TPSA) is 83.7 Å². The van der Waals surface area contributed by atoms with Gasteiger partial charge < -0.3 is 18.6 Å². The van der Waals surface area contributed by atoms with Crippen molar-refractivity contribution in [2.45, 2.75) is 32.9 Å². The summed E-state index contributed by atoms with van der Waals surface area (Å²) in [6.45, 7) is 8.00. The molecule has 0 aliphatic rings. The van der Waals surface area contributed by atoms with E-state index in [2.05, 4.69) is 16.3 Å². The molecule has 0 fully saturated rings. The largest absolute Gasteiger partial charge is 0.493 e. The maximum Gasteiger partial charge on any atom is 0.277 e. The van der Waals surface area contributed by atoms with E-state index in [0.29, 0.717) is 33.9 Å². The highest BCUT2D eigenvalue weighted by Gasteiger charge is 2.20. The van der Waals surface area contributed by atoms with Crippen molar-refractivity contribution in [3.63, 3.8) is 0 Å². The molecule has 0 N–H and O–H groups in total. The van der Waals surface area contributed by atoms with Crippen molar-refractivity contribution in [1.29, 1.82) is 0 Å². The summed E-state index contributed by atoms with van der Waals surface area (Å²) in [5.74, 6) is 2.00. The summed E-state index contributed by atoms with van der Waals surface area (Å²) in [7, 11) is 4.62. The van der Waals surface area contributed by atoms with E-state index in [1.165, 1.54) is 18.9 Å². The molecule has 0 spiro atoms. The number of aromatic nitrogens is 2. The zero-order valence-corrected chi connectivity index (χ0v) is 19.6. The van der Waals surface area contributed by atoms with Gasteiger partial charge in [-0.05, 0) is 62.1 Å². The SMILES string of the molecule is COc1cc(-c2nnc(SCC(=O)c3c(C)c(C)cc(C)c3C)o2)cc(OC)c1OC. The molecule has 0 radical (unpaired) electrons. The Labute approximate surface area is 186 Å². The highest BCUT2D eigenvalue weighted by molar-refractivity contribution is 7.99. The Bertz CT molecular complexity index is 1070. The van der Waals surface area contributed by atoms with E-state index in [1.807, 2.05) is 27.7 Å². The third-order valence-electron chi connectivity index (χ3n) is 5.29. The van der Waals surface area contributed by atoms with Crippen LogP contribution in [0.2, 0.25) is 0 Å². The van der Waals surface area contributed by atoms with E-state index in [-0.39, 0.29) is 11.5 Å². The van der Waals surface area contributed by atoms with Gasteiger partial charge in [-0.25, -0.2) is 0 Å². The zero-order chi connectivity index (χ0) is 22.7. The summed E-state index contributed by atoms with van der Waals surface area (Å²) in [4.78, 5) is 12.9. The lowest BCUT2D eigenvalue weighted by molar-refractivity contribution is 0.102. The Kier molecular flexibility index (Phi) is 6.90. The van der Waals surface area contributed by atoms with E-state index >= 15 is 0 Å². The van der Waals surface area contributed by atoms with Crippen LogP contribution in [0.25, 0.3) is 11.5 Å². The van der Waals surface area contributed by atoms with Gasteiger partial charge >= 0.3 is 0 Å². The van der Waals surface area contributed by atoms with Crippen LogP contribution in [-0.4, -0.2) is 43.1 Å². The first-order valence-corrected chi connectivity index (χ1v) is 10.7. The minimum atomic E-state index is 0.0411. The number of methoxy groups -OCH3 is 3. The van der Waals surface area contributed by atoms with Crippen molar-refractivity contribution in [1.82, 2.24) is 10.2 Å². The molecule has 0 unspecified atom stereocenters. The van der Waals surface area contributed by atoms with Crippen LogP contribution < -0.4 is 14.2 Å². The standard InChI is InChI=1S/C23H26N2O5S/c1-12-8-13(2)15(4)20(14(12)3)17(26)11-31-23-25-24-22(30-23)16-9-18(27-5)21(29-7)19(10-16)28-6/h8-10H,11H2,1-7H3. The molecule has 2 aromatic carbocycles. The molecule has 0 bridgehead atoms. The summed E-state index contributed by atoms with van der Waals surface area (Å²) in [6.07, 6.45) is 0. The van der Waals surface area contributed by atoms with Crippen molar-refractivity contribution < 1.29 is 23.4 Å². The van der Waals surface area contributed by atoms with Gasteiger partial charge in [0.05, 0.1) is 27.1 Å². The molecule has 0 saturated carbocycles. The van der Waals surface area contributed by atoms with E-state index < -0.39 is 0 Å². The highest BCUT2D eigenvalue weighted by Crippen LogP contribution is 2.41. The van der Waals surface area contributed by atoms with Gasteiger partial charge in [-0.3, -0.25) is 4.79 Å². The average molecular weight is 443 g/mol. The summed E-state index contributed by atoms with van der Waals surface area (Å²) >= 11 is 1.22. The van der Waals surface area contributed by atoms with E-state index in [1.54, 1.807) is 26.4 Å². The molecule has 0 aliphatic heterocycles. The van der Waals surface area contributed by atoms with Gasteiger partial charge in [0, 0.05) is 11.1 Å². The summed E-state index contributed by atoms with van der Waals surface area (Å²) in [6, 6.07) is 5.57. The van der Waals surface area contributed by atoms with Gasteiger partial charge in [-0.1, -0.05) is 17.8 Å². The number of hydrogen-bond acceptors (Lipinski definition) is 8. The molecule has 8 heteroatoms. The van der Waals surface area contributed by atoms with Gasteiger partial charge in [0.1, 0.15) is 0 Å². The van der Waals surface area contributed by atoms with E-state index in [4.69, 9.17) is 18.6 Å². The number of ketones is 1. The molecule has 164 valence electrons. The molecule has 1 aromatic heterocycles. The number of rotatable bonds is 8. The second-order valence-electron chi connectivity index (χ2n) is 7.13. The molecule has 3 rings (SSSR count). The first kappa shape index (κ1) is 22.7. The Morgan fingerprint density at radius 1 is 0.903 bits per heavy atom. The number of carbonyl (C=O) groups excluding carboxylic acids is 1. The van der Waals surface area contributed by atoms with Crippen LogP contribution in [0.3, 0.4) is 0 Å². The Morgan fingerprint density at radius 2 is 1.48 bits per heavy atom. The van der Waals surface area contributed by atoms with Crippen molar-refractivity contribution in [3.8, 4) is 28.7 Å². The number of benzene rings is 2. The molecule has 0 atom stereocenters. The number of thioether (sulfide) groups is 1. The Morgan fingerprint density at radius 3 is 2.00 bits per heavy atom. The molecule has 7 nitrogen and oxygen atoms in total. The van der Waals surface area contributed by atoms with E-state index in [0.717, 1.165) is 27.8 Å². The number of nitrogens with zero attached hydrogens (tertiary/aromatic N) is 2. The minimum absolute atomic E-state index is 0.0411. The van der Waals surface area contributed by atoms with Crippen LogP contribution in [0.1, 0.15) is 32.6 Å². The smallest absolute Gasteiger partial charge is 0.277 e. The van der Waals surface area contributed by atoms with Crippen LogP contribution >= 0.6 is 11.8 Å². The lowest BCUT2D eigenvalue weighted by Gasteiger charge is -2.13. The Balaban J connectivity index is 1.81. The molecule has 0 saturated heterocycles. The molecular weight excluding hydrogens is 416 g/mol. The van der Waals surface area contributed by atoms with Crippen LogP contribution in [0.4, 0.5) is 0 Å². The predicted octanol–water partition coefficient (Wildman–Crippen LogP) is 4.97. The number of aryl methyl sites for hydroxylation is 2. The lowest BCUT2D eigenvalue weighted by Crippen LogP contribution is -2.10. The van der Waals surface area contributed by atoms with Gasteiger partial charge in [0.25, 0.3) is 5.22 Å². The van der Waals surface area contributed by atoms with E-state index in [9.17, 15) is 4.79 Å². The van der Waals surface area contributed by atoms with Gasteiger partial charge in [0.2, 0.25) is 11.6 Å². The van der Waals surface area contributed by atoms with Crippen LogP contribution in [0.15, 0.2) is 27.8 Å². The lowest BCUT2D eigenvalue weighted by atomic mass is 9.92. The fourth-order valence-electron chi connectivity index (χ4n) is 3.42. The minimum Gasteiger partial charge on any atom is -0.493 e. The average Bonchev–Trinajstić information content (AvgIpc) is 3.24. The highest BCUT2D eigenvalue weighted by atomic mass is 32.2. The third kappa shape index (κ3) is 4.54. The second-order valence-corrected chi connectivity index (χ2v) is 8.06. The van der Waals surface area contributed by atoms with Gasteiger partial charge in [-0.15, -0.1) is 10.2 Å². The van der Waals surface area contributed by atoms with Crippen molar-refractivity contribution >= 4 is 17.5 Å². The molecular formula is C23H26N2O5S.